The predicted molar refractivity (Wildman–Crippen MR) is 93.4 cm³/mol. The van der Waals surface area contributed by atoms with Gasteiger partial charge in [0.2, 0.25) is 0 Å². The Balaban J connectivity index is 1.88. The smallest absolute Gasteiger partial charge is 0.255 e. The second kappa shape index (κ2) is 6.27. The number of fused-ring (bicyclic) bond motifs is 1. The maximum atomic E-state index is 14.1. The molecule has 6 nitrogen and oxygen atoms in total. The number of nitrogen functional groups attached to an aromatic ring is 2. The molecule has 1 radical (unpaired) electrons. The Morgan fingerprint density at radius 2 is 1.70 bits per heavy atom. The van der Waals surface area contributed by atoms with Crippen molar-refractivity contribution in [2.45, 2.75) is 6.42 Å². The van der Waals surface area contributed by atoms with Crippen LogP contribution in [0.4, 0.5) is 24.8 Å². The molecule has 0 saturated carbocycles. The lowest BCUT2D eigenvalue weighted by Crippen LogP contribution is -2.08. The summed E-state index contributed by atoms with van der Waals surface area (Å²) in [5.74, 6) is -3.05. The summed E-state index contributed by atoms with van der Waals surface area (Å²) in [5, 5.41) is 5.04. The van der Waals surface area contributed by atoms with Gasteiger partial charge in [-0.1, -0.05) is 18.2 Å². The molecule has 135 valence electrons. The molecule has 0 unspecified atom stereocenters. The number of benzene rings is 2. The third-order valence-electron chi connectivity index (χ3n) is 3.98. The van der Waals surface area contributed by atoms with Gasteiger partial charge in [-0.3, -0.25) is 0 Å². The fourth-order valence-corrected chi connectivity index (χ4v) is 2.85. The average Bonchev–Trinajstić information content (AvgIpc) is 2.97. The first kappa shape index (κ1) is 16.8. The molecule has 4 rings (SSSR count). The van der Waals surface area contributed by atoms with Gasteiger partial charge in [0.1, 0.15) is 17.5 Å². The van der Waals surface area contributed by atoms with E-state index in [1.807, 2.05) is 0 Å². The third-order valence-corrected chi connectivity index (χ3v) is 3.98. The number of nitrogens with zero attached hydrogens (tertiary/aromatic N) is 4. The van der Waals surface area contributed by atoms with E-state index in [0.717, 1.165) is 6.07 Å². The number of aromatic nitrogens is 4. The van der Waals surface area contributed by atoms with Gasteiger partial charge in [-0.25, -0.2) is 13.2 Å². The molecule has 0 aliphatic carbocycles. The fourth-order valence-electron chi connectivity index (χ4n) is 2.85. The molecule has 9 heteroatoms. The van der Waals surface area contributed by atoms with Gasteiger partial charge in [-0.15, -0.1) is 0 Å². The van der Waals surface area contributed by atoms with Gasteiger partial charge in [0, 0.05) is 17.9 Å². The standard InChI is InChI=1S/C18H12F3N6/c19-10-5-9(17(21)12(20)7-10)6-13-11-3-1-2-4-14(11)27(26-13)18-24-15(22)8-16(23)25-18/h1-5,7H,6H2,(H4,22,23,24,25). The summed E-state index contributed by atoms with van der Waals surface area (Å²) in [4.78, 5) is 8.12. The van der Waals surface area contributed by atoms with Crippen LogP contribution in [0.15, 0.2) is 36.4 Å². The van der Waals surface area contributed by atoms with Crippen molar-refractivity contribution in [1.29, 1.82) is 0 Å². The van der Waals surface area contributed by atoms with Crippen molar-refractivity contribution in [1.82, 2.24) is 19.7 Å². The molecule has 2 aromatic carbocycles. The van der Waals surface area contributed by atoms with E-state index in [9.17, 15) is 13.2 Å². The van der Waals surface area contributed by atoms with Crippen LogP contribution < -0.4 is 11.5 Å². The Morgan fingerprint density at radius 1 is 1.00 bits per heavy atom. The first-order valence-corrected chi connectivity index (χ1v) is 7.85. The Hall–Kier alpha value is -3.62. The molecule has 4 aromatic rings. The Morgan fingerprint density at radius 3 is 2.44 bits per heavy atom. The molecule has 0 atom stereocenters. The molecular formula is C18H12F3N6. The van der Waals surface area contributed by atoms with Crippen molar-refractivity contribution >= 4 is 22.5 Å². The highest BCUT2D eigenvalue weighted by molar-refractivity contribution is 5.83. The van der Waals surface area contributed by atoms with Crippen LogP contribution in [-0.4, -0.2) is 19.7 Å². The van der Waals surface area contributed by atoms with Gasteiger partial charge < -0.3 is 11.5 Å². The van der Waals surface area contributed by atoms with Gasteiger partial charge in [0.15, 0.2) is 11.6 Å². The highest BCUT2D eigenvalue weighted by Crippen LogP contribution is 2.25. The van der Waals surface area contributed by atoms with E-state index < -0.39 is 17.5 Å². The first-order valence-electron chi connectivity index (χ1n) is 7.85. The summed E-state index contributed by atoms with van der Waals surface area (Å²) in [6.45, 7) is 0. The maximum absolute atomic E-state index is 14.1. The van der Waals surface area contributed by atoms with E-state index >= 15 is 0 Å². The first-order chi connectivity index (χ1) is 12.9. The summed E-state index contributed by atoms with van der Waals surface area (Å²) in [7, 11) is 0. The highest BCUT2D eigenvalue weighted by Gasteiger charge is 2.18. The lowest BCUT2D eigenvalue weighted by Gasteiger charge is -2.04. The zero-order valence-electron chi connectivity index (χ0n) is 13.7. The molecule has 0 spiro atoms. The molecule has 2 aromatic heterocycles. The number of para-hydroxylation sites is 1. The Labute approximate surface area is 151 Å². The minimum atomic E-state index is -1.25. The monoisotopic (exact) mass is 369 g/mol. The quantitative estimate of drug-likeness (QED) is 0.542. The van der Waals surface area contributed by atoms with E-state index in [1.54, 1.807) is 24.3 Å². The maximum Gasteiger partial charge on any atom is 0.255 e. The van der Waals surface area contributed by atoms with Gasteiger partial charge in [-0.05, 0) is 17.7 Å². The number of hydrogen-bond acceptors (Lipinski definition) is 5. The summed E-state index contributed by atoms with van der Waals surface area (Å²) in [6, 6.07) is 11.0. The molecule has 0 amide bonds. The molecule has 4 N–H and O–H groups in total. The van der Waals surface area contributed by atoms with Gasteiger partial charge in [0.05, 0.1) is 17.3 Å². The lowest BCUT2D eigenvalue weighted by molar-refractivity contribution is 0.486. The topological polar surface area (TPSA) is 95.6 Å². The van der Waals surface area contributed by atoms with Crippen LogP contribution in [0, 0.1) is 23.5 Å². The van der Waals surface area contributed by atoms with E-state index in [2.05, 4.69) is 21.1 Å². The molecule has 0 saturated heterocycles. The van der Waals surface area contributed by atoms with Gasteiger partial charge in [0.25, 0.3) is 5.95 Å². The molecule has 0 bridgehead atoms. The molecule has 2 heterocycles. The summed E-state index contributed by atoms with van der Waals surface area (Å²) < 4.78 is 42.5. The number of halogens is 3. The zero-order valence-corrected chi connectivity index (χ0v) is 13.7. The average molecular weight is 369 g/mol. The van der Waals surface area contributed by atoms with Gasteiger partial charge >= 0.3 is 0 Å². The van der Waals surface area contributed by atoms with E-state index in [4.69, 9.17) is 11.5 Å². The second-order valence-electron chi connectivity index (χ2n) is 5.83. The number of rotatable bonds is 3. The van der Waals surface area contributed by atoms with Crippen molar-refractivity contribution < 1.29 is 13.2 Å². The van der Waals surface area contributed by atoms with Crippen molar-refractivity contribution in [2.75, 3.05) is 11.5 Å². The van der Waals surface area contributed by atoms with Crippen molar-refractivity contribution in [3.8, 4) is 5.95 Å². The van der Waals surface area contributed by atoms with E-state index in [-0.39, 0.29) is 29.6 Å². The van der Waals surface area contributed by atoms with Crippen molar-refractivity contribution in [3.63, 3.8) is 0 Å². The van der Waals surface area contributed by atoms with Crippen molar-refractivity contribution in [2.24, 2.45) is 0 Å². The Kier molecular flexibility index (Phi) is 3.91. The van der Waals surface area contributed by atoms with Crippen LogP contribution >= 0.6 is 0 Å². The van der Waals surface area contributed by atoms with Crippen LogP contribution in [0.1, 0.15) is 11.3 Å². The third kappa shape index (κ3) is 3.03. The van der Waals surface area contributed by atoms with E-state index in [0.29, 0.717) is 22.7 Å². The largest absolute Gasteiger partial charge is 0.383 e. The minimum absolute atomic E-state index is 0.0388. The molecule has 0 aliphatic heterocycles. The molecule has 27 heavy (non-hydrogen) atoms. The second-order valence-corrected chi connectivity index (χ2v) is 5.83. The SMILES string of the molecule is Nc1[c]c(N)nc(-n2nc(Cc3cc(F)cc(F)c3F)c3ccccc32)n1. The number of hydrogen-bond donors (Lipinski definition) is 2. The predicted octanol–water partition coefficient (Wildman–Crippen LogP) is 2.79. The summed E-state index contributed by atoms with van der Waals surface area (Å²) in [6.07, 6.45) is -0.127. The Bertz CT molecular complexity index is 1150. The summed E-state index contributed by atoms with van der Waals surface area (Å²) >= 11 is 0. The van der Waals surface area contributed by atoms with Crippen LogP contribution in [0.5, 0.6) is 0 Å². The molecule has 0 aliphatic rings. The number of anilines is 2. The van der Waals surface area contributed by atoms with E-state index in [1.165, 1.54) is 4.68 Å². The molecule has 0 fully saturated rings. The minimum Gasteiger partial charge on any atom is -0.383 e. The normalized spacial score (nSPS) is 11.2. The highest BCUT2D eigenvalue weighted by atomic mass is 19.2. The van der Waals surface area contributed by atoms with Crippen LogP contribution in [0.3, 0.4) is 0 Å². The lowest BCUT2D eigenvalue weighted by atomic mass is 10.1. The van der Waals surface area contributed by atoms with Crippen molar-refractivity contribution in [3.05, 3.63) is 71.2 Å². The van der Waals surface area contributed by atoms with Crippen LogP contribution in [-0.2, 0) is 6.42 Å². The zero-order chi connectivity index (χ0) is 19.1. The van der Waals surface area contributed by atoms with Gasteiger partial charge in [-0.2, -0.15) is 19.7 Å². The molecular weight excluding hydrogens is 357 g/mol. The number of nitrogens with two attached hydrogens (primary N) is 2. The summed E-state index contributed by atoms with van der Waals surface area (Å²) in [5.41, 5.74) is 12.2. The van der Waals surface area contributed by atoms with Crippen LogP contribution in [0.25, 0.3) is 16.9 Å². The fraction of sp³-hybridized carbons (Fsp3) is 0.0556. The van der Waals surface area contributed by atoms with Crippen LogP contribution in [0.2, 0.25) is 0 Å².